The van der Waals surface area contributed by atoms with E-state index >= 15 is 0 Å². The summed E-state index contributed by atoms with van der Waals surface area (Å²) < 4.78 is 0. The second-order valence-electron chi connectivity index (χ2n) is 6.41. The van der Waals surface area contributed by atoms with Gasteiger partial charge in [0.15, 0.2) is 0 Å². The fraction of sp³-hybridized carbons (Fsp3) is 0.929. The highest BCUT2D eigenvalue weighted by Gasteiger charge is 2.59. The lowest BCUT2D eigenvalue weighted by Gasteiger charge is -2.28. The molecular weight excluding hydrogens is 248 g/mol. The van der Waals surface area contributed by atoms with E-state index in [1.54, 1.807) is 0 Å². The maximum Gasteiger partial charge on any atom is 0.226 e. The van der Waals surface area contributed by atoms with Crippen molar-refractivity contribution < 1.29 is 4.79 Å². The van der Waals surface area contributed by atoms with Gasteiger partial charge in [0.2, 0.25) is 5.91 Å². The fourth-order valence-corrected chi connectivity index (χ4v) is 4.70. The van der Waals surface area contributed by atoms with E-state index in [-0.39, 0.29) is 12.4 Å². The van der Waals surface area contributed by atoms with E-state index < -0.39 is 0 Å². The third-order valence-electron chi connectivity index (χ3n) is 5.60. The van der Waals surface area contributed by atoms with Crippen LogP contribution in [0.2, 0.25) is 0 Å². The zero-order chi connectivity index (χ0) is 11.4. The molecule has 4 atom stereocenters. The number of nitrogens with zero attached hydrogens (tertiary/aromatic N) is 1. The van der Waals surface area contributed by atoms with Crippen LogP contribution < -0.4 is 5.32 Å². The Morgan fingerprint density at radius 2 is 1.72 bits per heavy atom. The van der Waals surface area contributed by atoms with Gasteiger partial charge in [0.1, 0.15) is 0 Å². The van der Waals surface area contributed by atoms with Crippen LogP contribution >= 0.6 is 12.4 Å². The highest BCUT2D eigenvalue weighted by Crippen LogP contribution is 2.58. The Morgan fingerprint density at radius 3 is 2.50 bits per heavy atom. The third-order valence-corrected chi connectivity index (χ3v) is 5.60. The molecule has 0 aromatic rings. The minimum absolute atomic E-state index is 0. The van der Waals surface area contributed by atoms with E-state index in [4.69, 9.17) is 0 Å². The highest BCUT2D eigenvalue weighted by atomic mass is 35.5. The minimum Gasteiger partial charge on any atom is -0.335 e. The number of halogens is 1. The number of rotatable bonds is 1. The van der Waals surface area contributed by atoms with E-state index in [2.05, 4.69) is 10.2 Å². The van der Waals surface area contributed by atoms with Crippen molar-refractivity contribution in [2.45, 2.75) is 50.6 Å². The number of hydrogen-bond acceptors (Lipinski definition) is 2. The summed E-state index contributed by atoms with van der Waals surface area (Å²) in [5.74, 6) is 2.51. The molecule has 2 bridgehead atoms. The molecule has 4 aliphatic rings. The van der Waals surface area contributed by atoms with E-state index in [9.17, 15) is 4.79 Å². The minimum atomic E-state index is 0. The van der Waals surface area contributed by atoms with Gasteiger partial charge in [-0.3, -0.25) is 4.79 Å². The SMILES string of the molecule is Cl.O=C(C1C2CCCC21)N1C2CCNCC1CC2. The molecule has 0 aromatic carbocycles. The van der Waals surface area contributed by atoms with Gasteiger partial charge in [-0.15, -0.1) is 12.4 Å². The molecule has 4 rings (SSSR count). The van der Waals surface area contributed by atoms with E-state index in [1.165, 1.54) is 38.5 Å². The van der Waals surface area contributed by atoms with Gasteiger partial charge in [-0.1, -0.05) is 6.42 Å². The van der Waals surface area contributed by atoms with Crippen molar-refractivity contribution in [3.05, 3.63) is 0 Å². The topological polar surface area (TPSA) is 32.3 Å². The summed E-state index contributed by atoms with van der Waals surface area (Å²) >= 11 is 0. The highest BCUT2D eigenvalue weighted by molar-refractivity contribution is 5.85. The molecule has 102 valence electrons. The number of amides is 1. The quantitative estimate of drug-likeness (QED) is 0.788. The summed E-state index contributed by atoms with van der Waals surface area (Å²) in [5, 5.41) is 3.48. The van der Waals surface area contributed by atoms with Gasteiger partial charge in [0.05, 0.1) is 0 Å². The van der Waals surface area contributed by atoms with Crippen LogP contribution in [-0.2, 0) is 4.79 Å². The first kappa shape index (κ1) is 12.7. The predicted octanol–water partition coefficient (Wildman–Crippen LogP) is 1.81. The first-order valence-corrected chi connectivity index (χ1v) is 7.39. The van der Waals surface area contributed by atoms with Crippen molar-refractivity contribution in [2.75, 3.05) is 13.1 Å². The normalized spacial score (nSPS) is 45.1. The second-order valence-corrected chi connectivity index (χ2v) is 6.41. The molecule has 4 fully saturated rings. The van der Waals surface area contributed by atoms with Gasteiger partial charge < -0.3 is 10.2 Å². The Kier molecular flexibility index (Phi) is 3.31. The summed E-state index contributed by atoms with van der Waals surface area (Å²) in [6.45, 7) is 2.13. The van der Waals surface area contributed by atoms with Gasteiger partial charge in [0.25, 0.3) is 0 Å². The van der Waals surface area contributed by atoms with Crippen LogP contribution in [-0.4, -0.2) is 36.0 Å². The van der Waals surface area contributed by atoms with Crippen molar-refractivity contribution in [3.8, 4) is 0 Å². The van der Waals surface area contributed by atoms with Gasteiger partial charge >= 0.3 is 0 Å². The molecule has 4 heteroatoms. The Hall–Kier alpha value is -0.280. The number of carbonyl (C=O) groups excluding carboxylic acids is 1. The van der Waals surface area contributed by atoms with Crippen LogP contribution in [0.15, 0.2) is 0 Å². The van der Waals surface area contributed by atoms with Crippen LogP contribution in [0.3, 0.4) is 0 Å². The average Bonchev–Trinajstić information content (AvgIpc) is 2.66. The summed E-state index contributed by atoms with van der Waals surface area (Å²) in [5.41, 5.74) is 0. The zero-order valence-corrected chi connectivity index (χ0v) is 11.6. The van der Waals surface area contributed by atoms with Crippen LogP contribution in [0.1, 0.15) is 38.5 Å². The predicted molar refractivity (Wildman–Crippen MR) is 72.7 cm³/mol. The molecule has 0 radical (unpaired) electrons. The van der Waals surface area contributed by atoms with Crippen molar-refractivity contribution in [2.24, 2.45) is 17.8 Å². The Bertz CT molecular complexity index is 325. The van der Waals surface area contributed by atoms with Crippen molar-refractivity contribution >= 4 is 18.3 Å². The summed E-state index contributed by atoms with van der Waals surface area (Å²) in [6.07, 6.45) is 7.66. The lowest BCUT2D eigenvalue weighted by Crippen LogP contribution is -2.43. The smallest absolute Gasteiger partial charge is 0.226 e. The summed E-state index contributed by atoms with van der Waals surface area (Å²) in [7, 11) is 0. The molecule has 18 heavy (non-hydrogen) atoms. The maximum absolute atomic E-state index is 12.7. The molecule has 2 saturated carbocycles. The molecular formula is C14H23ClN2O. The van der Waals surface area contributed by atoms with Crippen LogP contribution in [0, 0.1) is 17.8 Å². The van der Waals surface area contributed by atoms with Gasteiger partial charge in [0, 0.05) is 24.5 Å². The zero-order valence-electron chi connectivity index (χ0n) is 10.8. The van der Waals surface area contributed by atoms with Crippen molar-refractivity contribution in [1.29, 1.82) is 0 Å². The second kappa shape index (κ2) is 4.68. The van der Waals surface area contributed by atoms with Crippen LogP contribution in [0.25, 0.3) is 0 Å². The third kappa shape index (κ3) is 1.78. The van der Waals surface area contributed by atoms with E-state index in [0.29, 0.717) is 23.9 Å². The molecule has 0 aromatic heterocycles. The van der Waals surface area contributed by atoms with Crippen LogP contribution in [0.4, 0.5) is 0 Å². The largest absolute Gasteiger partial charge is 0.335 e. The van der Waals surface area contributed by atoms with E-state index in [1.807, 2.05) is 0 Å². The fourth-order valence-electron chi connectivity index (χ4n) is 4.70. The van der Waals surface area contributed by atoms with Gasteiger partial charge in [-0.2, -0.15) is 0 Å². The first-order valence-electron chi connectivity index (χ1n) is 7.39. The molecule has 2 aliphatic heterocycles. The summed E-state index contributed by atoms with van der Waals surface area (Å²) in [4.78, 5) is 15.0. The standard InChI is InChI=1S/C14H22N2O.ClH/c17-14(13-11-2-1-3-12(11)13)16-9-4-5-10(16)8-15-7-6-9;/h9-13,15H,1-8H2;1H. The van der Waals surface area contributed by atoms with E-state index in [0.717, 1.165) is 24.9 Å². The lowest BCUT2D eigenvalue weighted by molar-refractivity contribution is -0.136. The Balaban J connectivity index is 0.000001000. The molecule has 2 saturated heterocycles. The van der Waals surface area contributed by atoms with Gasteiger partial charge in [-0.05, 0) is 50.5 Å². The summed E-state index contributed by atoms with van der Waals surface area (Å²) in [6, 6.07) is 1.07. The monoisotopic (exact) mass is 270 g/mol. The Labute approximate surface area is 115 Å². The molecule has 3 nitrogen and oxygen atoms in total. The number of nitrogens with one attached hydrogen (secondary N) is 1. The Morgan fingerprint density at radius 1 is 1.00 bits per heavy atom. The number of fused-ring (bicyclic) bond motifs is 3. The van der Waals surface area contributed by atoms with Crippen molar-refractivity contribution in [3.63, 3.8) is 0 Å². The molecule has 0 spiro atoms. The van der Waals surface area contributed by atoms with Crippen molar-refractivity contribution in [1.82, 2.24) is 10.2 Å². The molecule has 2 aliphatic carbocycles. The molecule has 4 unspecified atom stereocenters. The first-order chi connectivity index (χ1) is 8.36. The lowest BCUT2D eigenvalue weighted by atomic mass is 10.1. The molecule has 1 N–H and O–H groups in total. The van der Waals surface area contributed by atoms with Gasteiger partial charge in [-0.25, -0.2) is 0 Å². The number of hydrogen-bond donors (Lipinski definition) is 1. The maximum atomic E-state index is 12.7. The molecule has 2 heterocycles. The average molecular weight is 271 g/mol. The molecule has 1 amide bonds. The number of carbonyl (C=O) groups is 1. The van der Waals surface area contributed by atoms with Crippen LogP contribution in [0.5, 0.6) is 0 Å².